The Balaban J connectivity index is 1.78. The number of amides is 2. The van der Waals surface area contributed by atoms with Gasteiger partial charge in [0.1, 0.15) is 6.04 Å². The van der Waals surface area contributed by atoms with Crippen molar-refractivity contribution in [1.82, 2.24) is 25.1 Å². The van der Waals surface area contributed by atoms with Gasteiger partial charge < -0.3 is 9.32 Å². The summed E-state index contributed by atoms with van der Waals surface area (Å²) < 4.78 is 5.29. The average Bonchev–Trinajstić information content (AvgIpc) is 3.21. The van der Waals surface area contributed by atoms with Crippen LogP contribution in [0.3, 0.4) is 0 Å². The van der Waals surface area contributed by atoms with Crippen LogP contribution in [0.5, 0.6) is 0 Å². The number of carbonyl (C=O) groups is 1. The molecule has 1 fully saturated rings. The highest BCUT2D eigenvalue weighted by molar-refractivity contribution is 7.09. The van der Waals surface area contributed by atoms with E-state index in [2.05, 4.69) is 21.8 Å². The maximum Gasteiger partial charge on any atom is 0.345 e. The summed E-state index contributed by atoms with van der Waals surface area (Å²) in [6.45, 7) is 4.39. The SMILES string of the molecule is C=CCON1C(=O)N2C[C@@H]1c1scnc1[C@H]2c1nnco1. The molecule has 108 valence electrons. The molecule has 21 heavy (non-hydrogen) atoms. The molecule has 0 unspecified atom stereocenters. The van der Waals surface area contributed by atoms with Crippen LogP contribution in [0, 0.1) is 0 Å². The van der Waals surface area contributed by atoms with Crippen molar-refractivity contribution < 1.29 is 14.0 Å². The molecule has 2 amide bonds. The maximum atomic E-state index is 12.5. The summed E-state index contributed by atoms with van der Waals surface area (Å²) in [6.07, 6.45) is 2.86. The lowest BCUT2D eigenvalue weighted by atomic mass is 10.0. The van der Waals surface area contributed by atoms with E-state index >= 15 is 0 Å². The van der Waals surface area contributed by atoms with Gasteiger partial charge in [0.15, 0.2) is 6.04 Å². The molecule has 0 spiro atoms. The monoisotopic (exact) mass is 305 g/mol. The minimum atomic E-state index is -0.449. The van der Waals surface area contributed by atoms with E-state index in [1.807, 2.05) is 0 Å². The van der Waals surface area contributed by atoms with Gasteiger partial charge in [0.2, 0.25) is 12.3 Å². The van der Waals surface area contributed by atoms with Gasteiger partial charge in [-0.15, -0.1) is 28.1 Å². The Morgan fingerprint density at radius 3 is 3.29 bits per heavy atom. The van der Waals surface area contributed by atoms with Crippen LogP contribution in [-0.2, 0) is 4.84 Å². The van der Waals surface area contributed by atoms with Crippen molar-refractivity contribution in [2.45, 2.75) is 12.1 Å². The van der Waals surface area contributed by atoms with Crippen molar-refractivity contribution in [1.29, 1.82) is 0 Å². The molecule has 2 bridgehead atoms. The number of hydrogen-bond acceptors (Lipinski definition) is 7. The Bertz CT molecular complexity index is 685. The van der Waals surface area contributed by atoms with Gasteiger partial charge in [-0.1, -0.05) is 6.08 Å². The number of hydrogen-bond donors (Lipinski definition) is 0. The molecule has 2 atom stereocenters. The van der Waals surface area contributed by atoms with E-state index in [9.17, 15) is 4.79 Å². The highest BCUT2D eigenvalue weighted by Gasteiger charge is 2.52. The number of urea groups is 1. The van der Waals surface area contributed by atoms with Gasteiger partial charge in [-0.2, -0.15) is 5.06 Å². The molecule has 4 rings (SSSR count). The molecule has 0 aliphatic carbocycles. The Hall–Kier alpha value is -2.26. The van der Waals surface area contributed by atoms with E-state index in [1.54, 1.807) is 16.5 Å². The Morgan fingerprint density at radius 1 is 1.62 bits per heavy atom. The second-order valence-electron chi connectivity index (χ2n) is 4.64. The van der Waals surface area contributed by atoms with Gasteiger partial charge in [0.25, 0.3) is 0 Å². The van der Waals surface area contributed by atoms with Crippen LogP contribution < -0.4 is 0 Å². The van der Waals surface area contributed by atoms with Crippen LogP contribution in [0.1, 0.15) is 28.5 Å². The average molecular weight is 305 g/mol. The molecule has 4 heterocycles. The van der Waals surface area contributed by atoms with Crippen LogP contribution in [0.25, 0.3) is 0 Å². The minimum absolute atomic E-state index is 0.154. The number of fused-ring (bicyclic) bond motifs is 4. The first kappa shape index (κ1) is 12.5. The fourth-order valence-corrected chi connectivity index (χ4v) is 3.59. The first-order valence-electron chi connectivity index (χ1n) is 6.34. The minimum Gasteiger partial charge on any atom is -0.425 e. The molecular weight excluding hydrogens is 294 g/mol. The van der Waals surface area contributed by atoms with Gasteiger partial charge in [0, 0.05) is 0 Å². The van der Waals surface area contributed by atoms with Gasteiger partial charge in [-0.25, -0.2) is 9.78 Å². The summed E-state index contributed by atoms with van der Waals surface area (Å²) in [6, 6.07) is -0.829. The lowest BCUT2D eigenvalue weighted by Crippen LogP contribution is -2.35. The molecule has 2 aromatic rings. The Morgan fingerprint density at radius 2 is 2.52 bits per heavy atom. The predicted molar refractivity (Wildman–Crippen MR) is 71.1 cm³/mol. The summed E-state index contributed by atoms with van der Waals surface area (Å²) in [5.74, 6) is 0.361. The zero-order valence-electron chi connectivity index (χ0n) is 10.9. The molecule has 0 aromatic carbocycles. The molecule has 2 aromatic heterocycles. The van der Waals surface area contributed by atoms with E-state index in [0.29, 0.717) is 12.4 Å². The zero-order chi connectivity index (χ0) is 14.4. The Labute approximate surface area is 123 Å². The third-order valence-electron chi connectivity index (χ3n) is 3.53. The van der Waals surface area contributed by atoms with E-state index in [1.165, 1.54) is 22.8 Å². The van der Waals surface area contributed by atoms with Crippen molar-refractivity contribution in [3.63, 3.8) is 0 Å². The highest BCUT2D eigenvalue weighted by Crippen LogP contribution is 2.46. The van der Waals surface area contributed by atoms with Crippen molar-refractivity contribution in [3.05, 3.63) is 41.0 Å². The third kappa shape index (κ3) is 1.71. The van der Waals surface area contributed by atoms with Gasteiger partial charge in [0.05, 0.1) is 29.2 Å². The second-order valence-corrected chi connectivity index (χ2v) is 5.53. The molecule has 0 saturated carbocycles. The lowest BCUT2D eigenvalue weighted by Gasteiger charge is -2.26. The molecule has 0 radical (unpaired) electrons. The van der Waals surface area contributed by atoms with Crippen molar-refractivity contribution >= 4 is 17.4 Å². The van der Waals surface area contributed by atoms with Crippen LogP contribution in [-0.4, -0.2) is 44.3 Å². The standard InChI is InChI=1S/C12H11N5O3S/c1-2-3-20-17-7-4-16(12(17)18)9(11-15-14-5-19-11)8-10(7)21-6-13-8/h2,5-7,9H,1,3-4H2/t7-,9+/m1/s1. The summed E-state index contributed by atoms with van der Waals surface area (Å²) in [4.78, 5) is 25.1. The quantitative estimate of drug-likeness (QED) is 0.796. The van der Waals surface area contributed by atoms with Gasteiger partial charge in [-0.3, -0.25) is 4.84 Å². The molecule has 8 nitrogen and oxygen atoms in total. The predicted octanol–water partition coefficient (Wildman–Crippen LogP) is 1.53. The van der Waals surface area contributed by atoms with E-state index < -0.39 is 6.04 Å². The molecule has 2 aliphatic rings. The summed E-state index contributed by atoms with van der Waals surface area (Å²) >= 11 is 1.50. The molecule has 9 heteroatoms. The van der Waals surface area contributed by atoms with Crippen LogP contribution in [0.2, 0.25) is 0 Å². The Kier molecular flexibility index (Phi) is 2.76. The first-order chi connectivity index (χ1) is 10.3. The normalized spacial score (nSPS) is 23.5. The zero-order valence-corrected chi connectivity index (χ0v) is 11.7. The number of hydroxylamine groups is 2. The van der Waals surface area contributed by atoms with Crippen molar-refractivity contribution in [3.8, 4) is 0 Å². The first-order valence-corrected chi connectivity index (χ1v) is 7.22. The number of thiazole rings is 1. The van der Waals surface area contributed by atoms with Crippen LogP contribution in [0.4, 0.5) is 4.79 Å². The highest BCUT2D eigenvalue weighted by atomic mass is 32.1. The number of carbonyl (C=O) groups excluding carboxylic acids is 1. The fraction of sp³-hybridized carbons (Fsp3) is 0.333. The maximum absolute atomic E-state index is 12.5. The lowest BCUT2D eigenvalue weighted by molar-refractivity contribution is -0.118. The van der Waals surface area contributed by atoms with Crippen molar-refractivity contribution in [2.75, 3.05) is 13.2 Å². The van der Waals surface area contributed by atoms with E-state index in [4.69, 9.17) is 9.25 Å². The summed E-state index contributed by atoms with van der Waals surface area (Å²) in [5.41, 5.74) is 2.53. The van der Waals surface area contributed by atoms with Gasteiger partial charge >= 0.3 is 6.03 Å². The molecular formula is C12H11N5O3S. The number of rotatable bonds is 4. The molecule has 2 aliphatic heterocycles. The topological polar surface area (TPSA) is 84.6 Å². The fourth-order valence-electron chi connectivity index (χ4n) is 2.70. The number of nitrogens with zero attached hydrogens (tertiary/aromatic N) is 5. The second kappa shape index (κ2) is 4.64. The van der Waals surface area contributed by atoms with Crippen LogP contribution in [0.15, 0.2) is 29.0 Å². The van der Waals surface area contributed by atoms with E-state index in [0.717, 1.165) is 10.6 Å². The molecule has 0 N–H and O–H groups in total. The summed E-state index contributed by atoms with van der Waals surface area (Å²) in [7, 11) is 0. The van der Waals surface area contributed by atoms with Gasteiger partial charge in [-0.05, 0) is 0 Å². The smallest absolute Gasteiger partial charge is 0.345 e. The summed E-state index contributed by atoms with van der Waals surface area (Å²) in [5, 5.41) is 9.01. The van der Waals surface area contributed by atoms with Crippen molar-refractivity contribution in [2.24, 2.45) is 0 Å². The largest absolute Gasteiger partial charge is 0.425 e. The third-order valence-corrected chi connectivity index (χ3v) is 4.47. The van der Waals surface area contributed by atoms with Crippen LogP contribution >= 0.6 is 11.3 Å². The molecule has 1 saturated heterocycles. The van der Waals surface area contributed by atoms with E-state index in [-0.39, 0.29) is 18.7 Å². The number of aromatic nitrogens is 3.